The van der Waals surface area contributed by atoms with Crippen molar-refractivity contribution in [2.45, 2.75) is 6.42 Å². The summed E-state index contributed by atoms with van der Waals surface area (Å²) in [6.45, 7) is 0.243. The van der Waals surface area contributed by atoms with Gasteiger partial charge in [0.15, 0.2) is 9.84 Å². The lowest BCUT2D eigenvalue weighted by Gasteiger charge is -2.26. The Morgan fingerprint density at radius 1 is 1.54 bits per heavy atom. The fourth-order valence-electron chi connectivity index (χ4n) is 1.58. The summed E-state index contributed by atoms with van der Waals surface area (Å²) in [6.07, 6.45) is 0.371. The third kappa shape index (κ3) is 2.41. The molecular formula is C7H13NO4S. The number of rotatable bonds is 2. The Balaban J connectivity index is 2.80. The molecule has 0 amide bonds. The van der Waals surface area contributed by atoms with Crippen molar-refractivity contribution >= 4 is 15.8 Å². The van der Waals surface area contributed by atoms with E-state index in [0.29, 0.717) is 6.42 Å². The summed E-state index contributed by atoms with van der Waals surface area (Å²) in [5.74, 6) is -2.26. The van der Waals surface area contributed by atoms with E-state index in [-0.39, 0.29) is 24.0 Å². The number of carboxylic acids is 1. The second-order valence-corrected chi connectivity index (χ2v) is 5.57. The third-order valence-corrected chi connectivity index (χ3v) is 4.15. The van der Waals surface area contributed by atoms with Crippen LogP contribution in [0.3, 0.4) is 0 Å². The van der Waals surface area contributed by atoms with E-state index in [1.807, 2.05) is 0 Å². The lowest BCUT2D eigenvalue weighted by molar-refractivity contribution is -0.142. The molecule has 76 valence electrons. The number of hydrogen-bond donors (Lipinski definition) is 2. The molecule has 0 saturated carbocycles. The van der Waals surface area contributed by atoms with E-state index in [9.17, 15) is 13.2 Å². The molecule has 0 aromatic carbocycles. The normalized spacial score (nSPS) is 32.7. The Morgan fingerprint density at radius 2 is 2.15 bits per heavy atom. The van der Waals surface area contributed by atoms with Crippen LogP contribution >= 0.6 is 0 Å². The van der Waals surface area contributed by atoms with Crippen molar-refractivity contribution in [3.63, 3.8) is 0 Å². The largest absolute Gasteiger partial charge is 0.481 e. The first-order valence-electron chi connectivity index (χ1n) is 4.09. The van der Waals surface area contributed by atoms with Crippen LogP contribution in [0.1, 0.15) is 6.42 Å². The Bertz CT molecular complexity index is 298. The molecule has 1 heterocycles. The van der Waals surface area contributed by atoms with Crippen LogP contribution in [0.5, 0.6) is 0 Å². The van der Waals surface area contributed by atoms with Gasteiger partial charge >= 0.3 is 5.97 Å². The van der Waals surface area contributed by atoms with E-state index >= 15 is 0 Å². The molecule has 5 nitrogen and oxygen atoms in total. The van der Waals surface area contributed by atoms with Crippen molar-refractivity contribution in [1.82, 2.24) is 0 Å². The fraction of sp³-hybridized carbons (Fsp3) is 0.857. The van der Waals surface area contributed by atoms with Crippen molar-refractivity contribution in [2.24, 2.45) is 17.6 Å². The van der Waals surface area contributed by atoms with Crippen LogP contribution in [0, 0.1) is 11.8 Å². The van der Waals surface area contributed by atoms with Gasteiger partial charge in [0.2, 0.25) is 0 Å². The van der Waals surface area contributed by atoms with Crippen molar-refractivity contribution in [3.05, 3.63) is 0 Å². The smallest absolute Gasteiger partial charge is 0.307 e. The summed E-state index contributed by atoms with van der Waals surface area (Å²) < 4.78 is 22.2. The second-order valence-electron chi connectivity index (χ2n) is 3.34. The maximum Gasteiger partial charge on any atom is 0.307 e. The van der Waals surface area contributed by atoms with Crippen LogP contribution in [-0.4, -0.2) is 37.5 Å². The molecule has 0 radical (unpaired) electrons. The highest BCUT2D eigenvalue weighted by Crippen LogP contribution is 2.24. The average Bonchev–Trinajstić information content (AvgIpc) is 2.03. The summed E-state index contributed by atoms with van der Waals surface area (Å²) in [7, 11) is -3.16. The first-order chi connectivity index (χ1) is 5.96. The summed E-state index contributed by atoms with van der Waals surface area (Å²) in [6, 6.07) is 0. The van der Waals surface area contributed by atoms with Crippen LogP contribution in [0.2, 0.25) is 0 Å². The molecule has 1 saturated heterocycles. The van der Waals surface area contributed by atoms with Gasteiger partial charge in [0.25, 0.3) is 0 Å². The summed E-state index contributed by atoms with van der Waals surface area (Å²) in [5, 5.41) is 8.75. The predicted molar refractivity (Wildman–Crippen MR) is 46.9 cm³/mol. The van der Waals surface area contributed by atoms with Gasteiger partial charge in [-0.05, 0) is 18.9 Å². The van der Waals surface area contributed by atoms with Gasteiger partial charge in [-0.25, -0.2) is 8.42 Å². The monoisotopic (exact) mass is 207 g/mol. The Morgan fingerprint density at radius 3 is 2.62 bits per heavy atom. The number of carbonyl (C=O) groups is 1. The Labute approximate surface area is 76.8 Å². The minimum Gasteiger partial charge on any atom is -0.481 e. The number of nitrogens with two attached hydrogens (primary N) is 1. The minimum atomic E-state index is -3.16. The molecule has 1 rings (SSSR count). The average molecular weight is 207 g/mol. The van der Waals surface area contributed by atoms with Crippen LogP contribution < -0.4 is 5.73 Å². The molecule has 0 aliphatic carbocycles. The number of hydrogen-bond acceptors (Lipinski definition) is 4. The van der Waals surface area contributed by atoms with Gasteiger partial charge in [0.1, 0.15) is 0 Å². The topological polar surface area (TPSA) is 97.5 Å². The van der Waals surface area contributed by atoms with Crippen LogP contribution in [0.4, 0.5) is 0 Å². The predicted octanol–water partition coefficient (Wildman–Crippen LogP) is -0.919. The lowest BCUT2D eigenvalue weighted by Crippen LogP contribution is -2.40. The molecule has 0 bridgehead atoms. The quantitative estimate of drug-likeness (QED) is 0.610. The molecule has 13 heavy (non-hydrogen) atoms. The number of sulfone groups is 1. The zero-order valence-corrected chi connectivity index (χ0v) is 7.96. The lowest BCUT2D eigenvalue weighted by atomic mass is 9.91. The molecule has 0 aromatic heterocycles. The van der Waals surface area contributed by atoms with Gasteiger partial charge in [-0.2, -0.15) is 0 Å². The maximum atomic E-state index is 11.1. The molecule has 0 aromatic rings. The highest BCUT2D eigenvalue weighted by Gasteiger charge is 2.36. The standard InChI is InChI=1S/C7H13NO4S/c8-3-5-1-2-13(11,12)4-6(5)7(9)10/h5-6H,1-4,8H2,(H,9,10). The molecule has 1 aliphatic rings. The van der Waals surface area contributed by atoms with Crippen molar-refractivity contribution in [1.29, 1.82) is 0 Å². The molecular weight excluding hydrogens is 194 g/mol. The summed E-state index contributed by atoms with van der Waals surface area (Å²) >= 11 is 0. The minimum absolute atomic E-state index is 0.0681. The first-order valence-corrected chi connectivity index (χ1v) is 5.91. The highest BCUT2D eigenvalue weighted by atomic mass is 32.2. The molecule has 0 spiro atoms. The van der Waals surface area contributed by atoms with E-state index in [1.54, 1.807) is 0 Å². The third-order valence-electron chi connectivity index (χ3n) is 2.42. The molecule has 1 fully saturated rings. The number of carboxylic acid groups (broad SMARTS) is 1. The zero-order chi connectivity index (χ0) is 10.1. The van der Waals surface area contributed by atoms with E-state index < -0.39 is 21.7 Å². The molecule has 2 unspecified atom stereocenters. The zero-order valence-electron chi connectivity index (χ0n) is 7.14. The van der Waals surface area contributed by atoms with Crippen molar-refractivity contribution in [3.8, 4) is 0 Å². The SMILES string of the molecule is NCC1CCS(=O)(=O)CC1C(=O)O. The van der Waals surface area contributed by atoms with E-state index in [1.165, 1.54) is 0 Å². The van der Waals surface area contributed by atoms with Crippen molar-refractivity contribution in [2.75, 3.05) is 18.1 Å². The molecule has 3 N–H and O–H groups in total. The Hall–Kier alpha value is -0.620. The molecule has 1 aliphatic heterocycles. The fourth-order valence-corrected chi connectivity index (χ4v) is 3.37. The van der Waals surface area contributed by atoms with Gasteiger partial charge < -0.3 is 10.8 Å². The van der Waals surface area contributed by atoms with Crippen molar-refractivity contribution < 1.29 is 18.3 Å². The Kier molecular flexibility index (Phi) is 2.92. The van der Waals surface area contributed by atoms with Gasteiger partial charge in [0, 0.05) is 0 Å². The summed E-state index contributed by atoms with van der Waals surface area (Å²) in [4.78, 5) is 10.7. The van der Waals surface area contributed by atoms with Gasteiger partial charge in [0.05, 0.1) is 17.4 Å². The molecule has 2 atom stereocenters. The highest BCUT2D eigenvalue weighted by molar-refractivity contribution is 7.91. The number of aliphatic carboxylic acids is 1. The van der Waals surface area contributed by atoms with Crippen LogP contribution in [-0.2, 0) is 14.6 Å². The second kappa shape index (κ2) is 3.63. The van der Waals surface area contributed by atoms with Gasteiger partial charge in [-0.15, -0.1) is 0 Å². The van der Waals surface area contributed by atoms with Crippen LogP contribution in [0.25, 0.3) is 0 Å². The first kappa shape index (κ1) is 10.5. The van der Waals surface area contributed by atoms with Gasteiger partial charge in [-0.3, -0.25) is 4.79 Å². The maximum absolute atomic E-state index is 11.1. The molecule has 6 heteroatoms. The van der Waals surface area contributed by atoms with E-state index in [0.717, 1.165) is 0 Å². The van der Waals surface area contributed by atoms with Gasteiger partial charge in [-0.1, -0.05) is 0 Å². The van der Waals surface area contributed by atoms with Crippen LogP contribution in [0.15, 0.2) is 0 Å². The van der Waals surface area contributed by atoms with E-state index in [2.05, 4.69) is 0 Å². The summed E-state index contributed by atoms with van der Waals surface area (Å²) in [5.41, 5.74) is 5.36. The van der Waals surface area contributed by atoms with E-state index in [4.69, 9.17) is 10.8 Å².